The SMILES string of the molecule is COc1nccnc1O[C@H]1CCCN(C(=O)c2ccncc2)C1. The minimum Gasteiger partial charge on any atom is -0.477 e. The number of aromatic nitrogens is 3. The molecular weight excluding hydrogens is 296 g/mol. The molecule has 3 heterocycles. The first-order chi connectivity index (χ1) is 11.3. The molecule has 1 amide bonds. The Morgan fingerprint density at radius 2 is 1.91 bits per heavy atom. The van der Waals surface area contributed by atoms with Crippen LogP contribution in [0.3, 0.4) is 0 Å². The Morgan fingerprint density at radius 3 is 2.65 bits per heavy atom. The summed E-state index contributed by atoms with van der Waals surface area (Å²) in [6, 6.07) is 3.44. The number of hydrogen-bond acceptors (Lipinski definition) is 6. The van der Waals surface area contributed by atoms with E-state index in [4.69, 9.17) is 9.47 Å². The highest BCUT2D eigenvalue weighted by atomic mass is 16.5. The van der Waals surface area contributed by atoms with Crippen molar-refractivity contribution in [1.82, 2.24) is 19.9 Å². The quantitative estimate of drug-likeness (QED) is 0.852. The second-order valence-electron chi connectivity index (χ2n) is 5.24. The lowest BCUT2D eigenvalue weighted by Gasteiger charge is -2.32. The van der Waals surface area contributed by atoms with Gasteiger partial charge >= 0.3 is 0 Å². The predicted octanol–water partition coefficient (Wildman–Crippen LogP) is 1.56. The molecule has 1 aliphatic heterocycles. The van der Waals surface area contributed by atoms with Crippen LogP contribution in [0.2, 0.25) is 0 Å². The number of rotatable bonds is 4. The van der Waals surface area contributed by atoms with Crippen molar-refractivity contribution < 1.29 is 14.3 Å². The zero-order chi connectivity index (χ0) is 16.1. The maximum absolute atomic E-state index is 12.5. The lowest BCUT2D eigenvalue weighted by atomic mass is 10.1. The van der Waals surface area contributed by atoms with Gasteiger partial charge in [0, 0.05) is 36.9 Å². The van der Waals surface area contributed by atoms with Crippen LogP contribution in [0.5, 0.6) is 11.8 Å². The van der Waals surface area contributed by atoms with Gasteiger partial charge in [0.1, 0.15) is 6.10 Å². The fraction of sp³-hybridized carbons (Fsp3) is 0.375. The van der Waals surface area contributed by atoms with Crippen molar-refractivity contribution in [1.29, 1.82) is 0 Å². The second-order valence-corrected chi connectivity index (χ2v) is 5.24. The van der Waals surface area contributed by atoms with Gasteiger partial charge in [0.25, 0.3) is 17.7 Å². The molecular formula is C16H18N4O3. The van der Waals surface area contributed by atoms with Gasteiger partial charge in [-0.3, -0.25) is 9.78 Å². The molecule has 2 aromatic rings. The van der Waals surface area contributed by atoms with E-state index in [-0.39, 0.29) is 12.0 Å². The maximum atomic E-state index is 12.5. The van der Waals surface area contributed by atoms with E-state index in [0.29, 0.717) is 23.9 Å². The van der Waals surface area contributed by atoms with Crippen LogP contribution >= 0.6 is 0 Å². The molecule has 1 atom stereocenters. The first-order valence-corrected chi connectivity index (χ1v) is 7.49. The van der Waals surface area contributed by atoms with Gasteiger partial charge in [-0.25, -0.2) is 9.97 Å². The standard InChI is InChI=1S/C16H18N4O3/c1-22-14-15(19-9-8-18-14)23-13-3-2-10-20(11-13)16(21)12-4-6-17-7-5-12/h4-9,13H,2-3,10-11H2,1H3/t13-/m0/s1. The Hall–Kier alpha value is -2.70. The number of nitrogens with zero attached hydrogens (tertiary/aromatic N) is 4. The number of pyridine rings is 1. The first-order valence-electron chi connectivity index (χ1n) is 7.49. The van der Waals surface area contributed by atoms with Gasteiger partial charge in [0.05, 0.1) is 13.7 Å². The average molecular weight is 314 g/mol. The van der Waals surface area contributed by atoms with E-state index < -0.39 is 0 Å². The summed E-state index contributed by atoms with van der Waals surface area (Å²) in [4.78, 5) is 26.5. The summed E-state index contributed by atoms with van der Waals surface area (Å²) < 4.78 is 11.0. The van der Waals surface area contributed by atoms with E-state index in [1.54, 1.807) is 41.8 Å². The molecule has 0 aromatic carbocycles. The number of carbonyl (C=O) groups excluding carboxylic acids is 1. The van der Waals surface area contributed by atoms with Gasteiger partial charge in [0.15, 0.2) is 0 Å². The van der Waals surface area contributed by atoms with Crippen LogP contribution in [0.1, 0.15) is 23.2 Å². The van der Waals surface area contributed by atoms with Crippen LogP contribution in [-0.4, -0.2) is 52.1 Å². The highest BCUT2D eigenvalue weighted by Crippen LogP contribution is 2.24. The van der Waals surface area contributed by atoms with Crippen molar-refractivity contribution in [3.63, 3.8) is 0 Å². The molecule has 0 unspecified atom stereocenters. The summed E-state index contributed by atoms with van der Waals surface area (Å²) >= 11 is 0. The minimum atomic E-state index is -0.125. The smallest absolute Gasteiger partial charge is 0.278 e. The maximum Gasteiger partial charge on any atom is 0.278 e. The van der Waals surface area contributed by atoms with Gasteiger partial charge in [-0.2, -0.15) is 0 Å². The molecule has 2 aromatic heterocycles. The number of ether oxygens (including phenoxy) is 2. The van der Waals surface area contributed by atoms with Crippen molar-refractivity contribution in [3.05, 3.63) is 42.5 Å². The number of likely N-dealkylation sites (tertiary alicyclic amines) is 1. The molecule has 1 fully saturated rings. The average Bonchev–Trinajstić information content (AvgIpc) is 2.62. The predicted molar refractivity (Wildman–Crippen MR) is 82.4 cm³/mol. The van der Waals surface area contributed by atoms with Gasteiger partial charge < -0.3 is 14.4 Å². The topological polar surface area (TPSA) is 77.4 Å². The van der Waals surface area contributed by atoms with Crippen LogP contribution in [-0.2, 0) is 0 Å². The fourth-order valence-electron chi connectivity index (χ4n) is 2.59. The highest BCUT2D eigenvalue weighted by Gasteiger charge is 2.26. The number of piperidine rings is 1. The molecule has 7 heteroatoms. The molecule has 0 aliphatic carbocycles. The molecule has 3 rings (SSSR count). The summed E-state index contributed by atoms with van der Waals surface area (Å²) in [6.45, 7) is 1.24. The molecule has 0 radical (unpaired) electrons. The number of carbonyl (C=O) groups is 1. The molecule has 23 heavy (non-hydrogen) atoms. The summed E-state index contributed by atoms with van der Waals surface area (Å²) in [6.07, 6.45) is 7.96. The Bertz CT molecular complexity index is 665. The largest absolute Gasteiger partial charge is 0.477 e. The van der Waals surface area contributed by atoms with E-state index in [1.165, 1.54) is 7.11 Å². The van der Waals surface area contributed by atoms with Gasteiger partial charge in [0.2, 0.25) is 0 Å². The molecule has 0 saturated carbocycles. The zero-order valence-corrected chi connectivity index (χ0v) is 12.9. The summed E-state index contributed by atoms with van der Waals surface area (Å²) in [7, 11) is 1.52. The van der Waals surface area contributed by atoms with Crippen molar-refractivity contribution >= 4 is 5.91 Å². The third-order valence-electron chi connectivity index (χ3n) is 3.70. The minimum absolute atomic E-state index is 0.00758. The van der Waals surface area contributed by atoms with Crippen LogP contribution in [0.15, 0.2) is 36.9 Å². The molecule has 1 saturated heterocycles. The summed E-state index contributed by atoms with van der Waals surface area (Å²) in [5.41, 5.74) is 0.637. The van der Waals surface area contributed by atoms with E-state index in [1.807, 2.05) is 0 Å². The Balaban J connectivity index is 1.68. The van der Waals surface area contributed by atoms with Gasteiger partial charge in [-0.05, 0) is 25.0 Å². The Labute approximate surface area is 134 Å². The number of hydrogen-bond donors (Lipinski definition) is 0. The molecule has 120 valence electrons. The van der Waals surface area contributed by atoms with E-state index in [2.05, 4.69) is 15.0 Å². The fourth-order valence-corrected chi connectivity index (χ4v) is 2.59. The highest BCUT2D eigenvalue weighted by molar-refractivity contribution is 5.94. The molecule has 0 spiro atoms. The Morgan fingerprint density at radius 1 is 1.17 bits per heavy atom. The van der Waals surface area contributed by atoms with Crippen LogP contribution < -0.4 is 9.47 Å². The molecule has 0 bridgehead atoms. The van der Waals surface area contributed by atoms with E-state index in [9.17, 15) is 4.79 Å². The van der Waals surface area contributed by atoms with Crippen molar-refractivity contribution in [3.8, 4) is 11.8 Å². The lowest BCUT2D eigenvalue weighted by Crippen LogP contribution is -2.44. The second kappa shape index (κ2) is 7.04. The van der Waals surface area contributed by atoms with Gasteiger partial charge in [-0.15, -0.1) is 0 Å². The van der Waals surface area contributed by atoms with Gasteiger partial charge in [-0.1, -0.05) is 0 Å². The van der Waals surface area contributed by atoms with E-state index >= 15 is 0 Å². The lowest BCUT2D eigenvalue weighted by molar-refractivity contribution is 0.0519. The molecule has 1 aliphatic rings. The first kappa shape index (κ1) is 15.2. The molecule has 7 nitrogen and oxygen atoms in total. The van der Waals surface area contributed by atoms with Crippen molar-refractivity contribution in [2.45, 2.75) is 18.9 Å². The molecule has 0 N–H and O–H groups in total. The van der Waals surface area contributed by atoms with E-state index in [0.717, 1.165) is 19.4 Å². The third-order valence-corrected chi connectivity index (χ3v) is 3.70. The monoisotopic (exact) mass is 314 g/mol. The summed E-state index contributed by atoms with van der Waals surface area (Å²) in [5, 5.41) is 0. The summed E-state index contributed by atoms with van der Waals surface area (Å²) in [5.74, 6) is 0.704. The Kier molecular flexibility index (Phi) is 4.65. The van der Waals surface area contributed by atoms with Crippen molar-refractivity contribution in [2.75, 3.05) is 20.2 Å². The number of amides is 1. The zero-order valence-electron chi connectivity index (χ0n) is 12.9. The number of methoxy groups -OCH3 is 1. The third kappa shape index (κ3) is 3.56. The van der Waals surface area contributed by atoms with Crippen LogP contribution in [0.4, 0.5) is 0 Å². The van der Waals surface area contributed by atoms with Crippen molar-refractivity contribution in [2.24, 2.45) is 0 Å². The van der Waals surface area contributed by atoms with Crippen LogP contribution in [0.25, 0.3) is 0 Å². The normalized spacial score (nSPS) is 17.6. The van der Waals surface area contributed by atoms with Crippen LogP contribution in [0, 0.1) is 0 Å².